The van der Waals surface area contributed by atoms with E-state index in [0.29, 0.717) is 12.6 Å². The third-order valence-electron chi connectivity index (χ3n) is 3.03. The van der Waals surface area contributed by atoms with Crippen LogP contribution in [0.25, 0.3) is 0 Å². The standard InChI is InChI=1S/C15H28N4S.HI/c1-5-7-8-9-12(3)19-15(16-6-2)18-11-14-10-17-13(4)20-14;/h10,12H,5-9,11H2,1-4H3,(H2,16,18,19);1H. The van der Waals surface area contributed by atoms with E-state index < -0.39 is 0 Å². The minimum absolute atomic E-state index is 0. The average molecular weight is 424 g/mol. The van der Waals surface area contributed by atoms with Crippen LogP contribution in [-0.2, 0) is 6.54 Å². The Balaban J connectivity index is 0.00000400. The molecule has 0 spiro atoms. The van der Waals surface area contributed by atoms with E-state index in [0.717, 1.165) is 17.5 Å². The van der Waals surface area contributed by atoms with Gasteiger partial charge in [-0.05, 0) is 27.2 Å². The van der Waals surface area contributed by atoms with Crippen LogP contribution in [0, 0.1) is 6.92 Å². The minimum atomic E-state index is 0. The summed E-state index contributed by atoms with van der Waals surface area (Å²) in [4.78, 5) is 10.1. The molecule has 0 aliphatic carbocycles. The number of rotatable bonds is 8. The lowest BCUT2D eigenvalue weighted by atomic mass is 10.1. The summed E-state index contributed by atoms with van der Waals surface area (Å²) in [5.74, 6) is 0.905. The second-order valence-corrected chi connectivity index (χ2v) is 6.40. The molecule has 1 unspecified atom stereocenters. The first-order valence-electron chi connectivity index (χ1n) is 7.61. The first-order valence-corrected chi connectivity index (χ1v) is 8.43. The summed E-state index contributed by atoms with van der Waals surface area (Å²) in [6.07, 6.45) is 6.96. The van der Waals surface area contributed by atoms with Gasteiger partial charge in [-0.2, -0.15) is 0 Å². The Morgan fingerprint density at radius 3 is 2.71 bits per heavy atom. The maximum atomic E-state index is 4.63. The number of aromatic nitrogens is 1. The fraction of sp³-hybridized carbons (Fsp3) is 0.733. The second-order valence-electron chi connectivity index (χ2n) is 5.08. The Morgan fingerprint density at radius 2 is 2.14 bits per heavy atom. The van der Waals surface area contributed by atoms with Gasteiger partial charge in [-0.15, -0.1) is 35.3 Å². The Bertz CT molecular complexity index is 406. The molecular weight excluding hydrogens is 395 g/mol. The number of nitrogens with one attached hydrogen (secondary N) is 2. The van der Waals surface area contributed by atoms with Gasteiger partial charge in [-0.1, -0.05) is 26.2 Å². The average Bonchev–Trinajstić information content (AvgIpc) is 2.82. The molecule has 1 aromatic heterocycles. The molecular formula is C15H29IN4S. The SMILES string of the molecule is CCCCCC(C)NC(=NCc1cnc(C)s1)NCC.I. The molecule has 1 aromatic rings. The summed E-state index contributed by atoms with van der Waals surface area (Å²) in [6.45, 7) is 10.2. The molecule has 0 bridgehead atoms. The van der Waals surface area contributed by atoms with Crippen LogP contribution in [0.1, 0.15) is 56.3 Å². The lowest BCUT2D eigenvalue weighted by Crippen LogP contribution is -2.42. The molecule has 2 N–H and O–H groups in total. The van der Waals surface area contributed by atoms with Gasteiger partial charge in [0.25, 0.3) is 0 Å². The van der Waals surface area contributed by atoms with Gasteiger partial charge in [-0.25, -0.2) is 9.98 Å². The molecule has 1 rings (SSSR count). The predicted octanol–water partition coefficient (Wildman–Crippen LogP) is 4.09. The molecule has 1 heterocycles. The van der Waals surface area contributed by atoms with Crippen molar-refractivity contribution in [3.8, 4) is 0 Å². The van der Waals surface area contributed by atoms with Gasteiger partial charge in [0, 0.05) is 23.7 Å². The fourth-order valence-electron chi connectivity index (χ4n) is 1.96. The van der Waals surface area contributed by atoms with Crippen molar-refractivity contribution in [3.63, 3.8) is 0 Å². The third kappa shape index (κ3) is 9.29. The first kappa shape index (κ1) is 20.6. The largest absolute Gasteiger partial charge is 0.357 e. The second kappa shape index (κ2) is 12.2. The number of thiazole rings is 1. The number of guanidine groups is 1. The van der Waals surface area contributed by atoms with E-state index >= 15 is 0 Å². The maximum Gasteiger partial charge on any atom is 0.191 e. The van der Waals surface area contributed by atoms with Gasteiger partial charge in [-0.3, -0.25) is 0 Å². The Kier molecular flexibility index (Phi) is 12.0. The molecule has 0 aliphatic heterocycles. The van der Waals surface area contributed by atoms with Crippen LogP contribution in [-0.4, -0.2) is 23.5 Å². The highest BCUT2D eigenvalue weighted by Crippen LogP contribution is 2.12. The number of unbranched alkanes of at least 4 members (excludes halogenated alkanes) is 2. The summed E-state index contributed by atoms with van der Waals surface area (Å²) in [5.41, 5.74) is 0. The van der Waals surface area contributed by atoms with E-state index in [1.807, 2.05) is 13.1 Å². The van der Waals surface area contributed by atoms with Gasteiger partial charge in [0.05, 0.1) is 11.6 Å². The highest BCUT2D eigenvalue weighted by Gasteiger charge is 2.05. The third-order valence-corrected chi connectivity index (χ3v) is 3.93. The highest BCUT2D eigenvalue weighted by atomic mass is 127. The Morgan fingerprint density at radius 1 is 1.38 bits per heavy atom. The van der Waals surface area contributed by atoms with Crippen molar-refractivity contribution in [3.05, 3.63) is 16.1 Å². The highest BCUT2D eigenvalue weighted by molar-refractivity contribution is 14.0. The van der Waals surface area contributed by atoms with Crippen LogP contribution in [0.2, 0.25) is 0 Å². The van der Waals surface area contributed by atoms with E-state index in [-0.39, 0.29) is 24.0 Å². The summed E-state index contributed by atoms with van der Waals surface area (Å²) >= 11 is 1.71. The first-order chi connectivity index (χ1) is 9.65. The maximum absolute atomic E-state index is 4.63. The van der Waals surface area contributed by atoms with Gasteiger partial charge in [0.2, 0.25) is 0 Å². The van der Waals surface area contributed by atoms with Gasteiger partial charge < -0.3 is 10.6 Å². The zero-order valence-corrected chi connectivity index (χ0v) is 16.8. The molecule has 0 aromatic carbocycles. The minimum Gasteiger partial charge on any atom is -0.357 e. The number of hydrogen-bond donors (Lipinski definition) is 2. The monoisotopic (exact) mass is 424 g/mol. The number of aliphatic imine (C=N–C) groups is 1. The van der Waals surface area contributed by atoms with E-state index in [1.54, 1.807) is 11.3 Å². The van der Waals surface area contributed by atoms with Crippen molar-refractivity contribution < 1.29 is 0 Å². The normalized spacial score (nSPS) is 12.7. The molecule has 1 atom stereocenters. The summed E-state index contributed by atoms with van der Waals surface area (Å²) in [6, 6.07) is 0.461. The van der Waals surface area contributed by atoms with E-state index in [1.165, 1.54) is 30.6 Å². The van der Waals surface area contributed by atoms with Crippen LogP contribution in [0.5, 0.6) is 0 Å². The van der Waals surface area contributed by atoms with Crippen LogP contribution in [0.3, 0.4) is 0 Å². The quantitative estimate of drug-likeness (QED) is 0.286. The van der Waals surface area contributed by atoms with Crippen molar-refractivity contribution in [1.82, 2.24) is 15.6 Å². The molecule has 21 heavy (non-hydrogen) atoms. The van der Waals surface area contributed by atoms with Crippen molar-refractivity contribution in [1.29, 1.82) is 0 Å². The molecule has 4 nitrogen and oxygen atoms in total. The van der Waals surface area contributed by atoms with E-state index in [4.69, 9.17) is 0 Å². The van der Waals surface area contributed by atoms with Crippen molar-refractivity contribution in [2.24, 2.45) is 4.99 Å². The zero-order valence-electron chi connectivity index (χ0n) is 13.6. The number of aryl methyl sites for hydroxylation is 1. The molecule has 0 radical (unpaired) electrons. The van der Waals surface area contributed by atoms with Gasteiger partial charge in [0.15, 0.2) is 5.96 Å². The van der Waals surface area contributed by atoms with Gasteiger partial charge >= 0.3 is 0 Å². The number of halogens is 1. The Labute approximate surface area is 150 Å². The van der Waals surface area contributed by atoms with Crippen LogP contribution in [0.15, 0.2) is 11.2 Å². The van der Waals surface area contributed by atoms with E-state index in [9.17, 15) is 0 Å². The molecule has 122 valence electrons. The van der Waals surface area contributed by atoms with Crippen molar-refractivity contribution in [2.75, 3.05) is 6.54 Å². The molecule has 0 saturated carbocycles. The van der Waals surface area contributed by atoms with Crippen molar-refractivity contribution >= 4 is 41.3 Å². The fourth-order valence-corrected chi connectivity index (χ4v) is 2.68. The molecule has 0 saturated heterocycles. The zero-order chi connectivity index (χ0) is 14.8. The van der Waals surface area contributed by atoms with Crippen LogP contribution >= 0.6 is 35.3 Å². The van der Waals surface area contributed by atoms with Gasteiger partial charge in [0.1, 0.15) is 0 Å². The number of nitrogens with zero attached hydrogens (tertiary/aromatic N) is 2. The molecule has 6 heteroatoms. The number of hydrogen-bond acceptors (Lipinski definition) is 3. The lowest BCUT2D eigenvalue weighted by Gasteiger charge is -2.17. The van der Waals surface area contributed by atoms with Crippen LogP contribution < -0.4 is 10.6 Å². The lowest BCUT2D eigenvalue weighted by molar-refractivity contribution is 0.547. The summed E-state index contributed by atoms with van der Waals surface area (Å²) < 4.78 is 0. The smallest absolute Gasteiger partial charge is 0.191 e. The summed E-state index contributed by atoms with van der Waals surface area (Å²) in [7, 11) is 0. The summed E-state index contributed by atoms with van der Waals surface area (Å²) in [5, 5.41) is 7.88. The van der Waals surface area contributed by atoms with Crippen LogP contribution in [0.4, 0.5) is 0 Å². The molecule has 0 aliphatic rings. The Hall–Kier alpha value is -0.370. The molecule has 0 amide bonds. The van der Waals surface area contributed by atoms with Crippen molar-refractivity contribution in [2.45, 2.75) is 66.0 Å². The van der Waals surface area contributed by atoms with E-state index in [2.05, 4.69) is 41.4 Å². The molecule has 0 fully saturated rings. The predicted molar refractivity (Wildman–Crippen MR) is 104 cm³/mol. The topological polar surface area (TPSA) is 49.3 Å².